The van der Waals surface area contributed by atoms with Crippen LogP contribution in [0.5, 0.6) is 0 Å². The van der Waals surface area contributed by atoms with Crippen LogP contribution in [0.1, 0.15) is 30.9 Å². The van der Waals surface area contributed by atoms with Crippen LogP contribution in [0.2, 0.25) is 10.0 Å². The molecule has 2 amide bonds. The second-order valence-electron chi connectivity index (χ2n) is 8.04. The van der Waals surface area contributed by atoms with E-state index in [9.17, 15) is 9.59 Å². The van der Waals surface area contributed by atoms with Gasteiger partial charge in [-0.3, -0.25) is 14.5 Å². The van der Waals surface area contributed by atoms with E-state index in [-0.39, 0.29) is 11.8 Å². The first kappa shape index (κ1) is 21.0. The molecule has 1 saturated heterocycles. The highest BCUT2D eigenvalue weighted by atomic mass is 35.5. The number of rotatable bonds is 5. The lowest BCUT2D eigenvalue weighted by molar-refractivity contribution is -0.137. The summed E-state index contributed by atoms with van der Waals surface area (Å²) in [5, 5.41) is 1.27. The highest BCUT2D eigenvalue weighted by Crippen LogP contribution is 2.34. The molecule has 0 bridgehead atoms. The van der Waals surface area contributed by atoms with Gasteiger partial charge in [0.15, 0.2) is 0 Å². The molecular formula is C24H24Cl2N2O2. The van der Waals surface area contributed by atoms with E-state index in [0.717, 1.165) is 37.1 Å². The summed E-state index contributed by atoms with van der Waals surface area (Å²) >= 11 is 12.0. The molecule has 156 valence electrons. The topological polar surface area (TPSA) is 40.6 Å². The first-order valence-corrected chi connectivity index (χ1v) is 11.1. The Morgan fingerprint density at radius 2 is 1.43 bits per heavy atom. The highest BCUT2D eigenvalue weighted by Gasteiger charge is 2.41. The monoisotopic (exact) mass is 442 g/mol. The number of imide groups is 1. The number of carbonyl (C=O) groups is 2. The molecule has 0 aliphatic carbocycles. The van der Waals surface area contributed by atoms with Crippen LogP contribution in [0.3, 0.4) is 0 Å². The van der Waals surface area contributed by atoms with Gasteiger partial charge >= 0.3 is 0 Å². The van der Waals surface area contributed by atoms with Crippen LogP contribution in [0.15, 0.2) is 54.2 Å². The van der Waals surface area contributed by atoms with Crippen molar-refractivity contribution in [2.45, 2.75) is 26.2 Å². The number of hydrogen-bond donors (Lipinski definition) is 0. The summed E-state index contributed by atoms with van der Waals surface area (Å²) in [6, 6.07) is 14.6. The maximum Gasteiger partial charge on any atom is 0.277 e. The van der Waals surface area contributed by atoms with Gasteiger partial charge in [-0.15, -0.1) is 0 Å². The van der Waals surface area contributed by atoms with Crippen LogP contribution in [0.4, 0.5) is 0 Å². The highest BCUT2D eigenvalue weighted by molar-refractivity contribution is 6.36. The molecule has 2 aromatic rings. The molecular weight excluding hydrogens is 419 g/mol. The number of carbonyl (C=O) groups excluding carboxylic acids is 2. The SMILES string of the molecule is CC1CCN(C2=C(c3ccc(Cl)cc3)C(=O)N(CCc3ccc(Cl)cc3)C2=O)CC1. The molecule has 0 atom stereocenters. The van der Waals surface area contributed by atoms with E-state index in [1.165, 1.54) is 4.90 Å². The van der Waals surface area contributed by atoms with Crippen molar-refractivity contribution in [3.8, 4) is 0 Å². The van der Waals surface area contributed by atoms with E-state index < -0.39 is 0 Å². The molecule has 4 nitrogen and oxygen atoms in total. The second kappa shape index (κ2) is 8.83. The number of hydrogen-bond acceptors (Lipinski definition) is 3. The minimum absolute atomic E-state index is 0.200. The van der Waals surface area contributed by atoms with Crippen LogP contribution in [0.25, 0.3) is 5.57 Å². The van der Waals surface area contributed by atoms with Crippen molar-refractivity contribution in [2.75, 3.05) is 19.6 Å². The number of piperidine rings is 1. The molecule has 30 heavy (non-hydrogen) atoms. The molecule has 0 saturated carbocycles. The summed E-state index contributed by atoms with van der Waals surface area (Å²) < 4.78 is 0. The van der Waals surface area contributed by atoms with Crippen LogP contribution in [-0.4, -0.2) is 41.2 Å². The van der Waals surface area contributed by atoms with Crippen LogP contribution in [-0.2, 0) is 16.0 Å². The summed E-state index contributed by atoms with van der Waals surface area (Å²) in [5.41, 5.74) is 2.79. The molecule has 0 radical (unpaired) electrons. The molecule has 0 aromatic heterocycles. The number of likely N-dealkylation sites (tertiary alicyclic amines) is 1. The van der Waals surface area contributed by atoms with Crippen molar-refractivity contribution in [3.05, 3.63) is 75.4 Å². The van der Waals surface area contributed by atoms with Gasteiger partial charge in [0.1, 0.15) is 5.70 Å². The average molecular weight is 443 g/mol. The van der Waals surface area contributed by atoms with Gasteiger partial charge in [-0.05, 0) is 60.6 Å². The zero-order valence-corrected chi connectivity index (χ0v) is 18.4. The Balaban J connectivity index is 1.63. The zero-order chi connectivity index (χ0) is 21.3. The van der Waals surface area contributed by atoms with E-state index in [0.29, 0.717) is 40.2 Å². The van der Waals surface area contributed by atoms with E-state index in [1.54, 1.807) is 12.1 Å². The zero-order valence-electron chi connectivity index (χ0n) is 16.9. The molecule has 6 heteroatoms. The summed E-state index contributed by atoms with van der Waals surface area (Å²) in [4.78, 5) is 30.2. The first-order valence-electron chi connectivity index (χ1n) is 10.3. The lowest BCUT2D eigenvalue weighted by Gasteiger charge is -2.32. The van der Waals surface area contributed by atoms with Crippen molar-refractivity contribution in [2.24, 2.45) is 5.92 Å². The number of benzene rings is 2. The molecule has 1 fully saturated rings. The molecule has 2 aliphatic heterocycles. The van der Waals surface area contributed by atoms with Crippen molar-refractivity contribution in [1.82, 2.24) is 9.80 Å². The van der Waals surface area contributed by atoms with Crippen LogP contribution in [0, 0.1) is 5.92 Å². The van der Waals surface area contributed by atoms with Gasteiger partial charge in [0.2, 0.25) is 0 Å². The third-order valence-corrected chi connectivity index (χ3v) is 6.42. The van der Waals surface area contributed by atoms with Gasteiger partial charge in [-0.25, -0.2) is 0 Å². The lowest BCUT2D eigenvalue weighted by atomic mass is 9.97. The molecule has 0 unspecified atom stereocenters. The minimum Gasteiger partial charge on any atom is -0.366 e. The Morgan fingerprint density at radius 3 is 2.03 bits per heavy atom. The predicted molar refractivity (Wildman–Crippen MR) is 120 cm³/mol. The normalized spacial score (nSPS) is 18.0. The Labute approximate surface area is 187 Å². The molecule has 4 rings (SSSR count). The molecule has 2 aliphatic rings. The number of nitrogens with zero attached hydrogens (tertiary/aromatic N) is 2. The summed E-state index contributed by atoms with van der Waals surface area (Å²) in [7, 11) is 0. The van der Waals surface area contributed by atoms with Crippen molar-refractivity contribution < 1.29 is 9.59 Å². The van der Waals surface area contributed by atoms with Crippen molar-refractivity contribution in [1.29, 1.82) is 0 Å². The fourth-order valence-electron chi connectivity index (χ4n) is 4.06. The minimum atomic E-state index is -0.232. The van der Waals surface area contributed by atoms with E-state index in [2.05, 4.69) is 11.8 Å². The van der Waals surface area contributed by atoms with Crippen molar-refractivity contribution >= 4 is 40.6 Å². The fourth-order valence-corrected chi connectivity index (χ4v) is 4.31. The Bertz CT molecular complexity index is 975. The predicted octanol–water partition coefficient (Wildman–Crippen LogP) is 5.05. The Morgan fingerprint density at radius 1 is 0.867 bits per heavy atom. The van der Waals surface area contributed by atoms with E-state index >= 15 is 0 Å². The maximum atomic E-state index is 13.4. The molecule has 0 N–H and O–H groups in total. The van der Waals surface area contributed by atoms with Gasteiger partial charge in [-0.1, -0.05) is 54.4 Å². The largest absolute Gasteiger partial charge is 0.366 e. The molecule has 2 heterocycles. The average Bonchev–Trinajstić information content (AvgIpc) is 2.99. The van der Waals surface area contributed by atoms with Gasteiger partial charge in [-0.2, -0.15) is 0 Å². The van der Waals surface area contributed by atoms with Gasteiger partial charge in [0, 0.05) is 29.7 Å². The van der Waals surface area contributed by atoms with Crippen molar-refractivity contribution in [3.63, 3.8) is 0 Å². The van der Waals surface area contributed by atoms with E-state index in [4.69, 9.17) is 23.2 Å². The molecule has 2 aromatic carbocycles. The third-order valence-electron chi connectivity index (χ3n) is 5.91. The fraction of sp³-hybridized carbons (Fsp3) is 0.333. The summed E-state index contributed by atoms with van der Waals surface area (Å²) in [6.07, 6.45) is 2.63. The smallest absolute Gasteiger partial charge is 0.277 e. The van der Waals surface area contributed by atoms with E-state index in [1.807, 2.05) is 36.4 Å². The van der Waals surface area contributed by atoms with Gasteiger partial charge < -0.3 is 4.90 Å². The van der Waals surface area contributed by atoms with Gasteiger partial charge in [0.05, 0.1) is 5.57 Å². The Hall–Kier alpha value is -2.30. The Kier molecular flexibility index (Phi) is 6.16. The summed E-state index contributed by atoms with van der Waals surface area (Å²) in [6.45, 7) is 4.14. The van der Waals surface area contributed by atoms with Crippen LogP contribution >= 0.6 is 23.2 Å². The second-order valence-corrected chi connectivity index (χ2v) is 8.91. The van der Waals surface area contributed by atoms with Crippen LogP contribution < -0.4 is 0 Å². The lowest BCUT2D eigenvalue weighted by Crippen LogP contribution is -2.39. The number of amides is 2. The third kappa shape index (κ3) is 4.26. The molecule has 0 spiro atoms. The quantitative estimate of drug-likeness (QED) is 0.608. The number of halogens is 2. The standard InChI is InChI=1S/C24H24Cl2N2O2/c1-16-10-13-27(14-11-16)22-21(18-4-8-20(26)9-5-18)23(29)28(24(22)30)15-12-17-2-6-19(25)7-3-17/h2-9,16H,10-15H2,1H3. The summed E-state index contributed by atoms with van der Waals surface area (Å²) in [5.74, 6) is 0.201. The first-order chi connectivity index (χ1) is 14.4. The maximum absolute atomic E-state index is 13.4. The van der Waals surface area contributed by atoms with Gasteiger partial charge in [0.25, 0.3) is 11.8 Å².